The summed E-state index contributed by atoms with van der Waals surface area (Å²) in [4.78, 5) is 96.0. The lowest BCUT2D eigenvalue weighted by Gasteiger charge is -2.31. The van der Waals surface area contributed by atoms with Gasteiger partial charge in [-0.2, -0.15) is 0 Å². The molecule has 0 bridgehead atoms. The minimum atomic E-state index is -1.91. The third-order valence-electron chi connectivity index (χ3n) is 12.1. The van der Waals surface area contributed by atoms with E-state index < -0.39 is 23.5 Å². The number of fused-ring (bicyclic) bond motifs is 5. The zero-order valence-electron chi connectivity index (χ0n) is 32.4. The number of nitrogens with zero attached hydrogens (tertiary/aromatic N) is 3. The van der Waals surface area contributed by atoms with Crippen LogP contribution in [0.5, 0.6) is 0 Å². The minimum Gasteiger partial charge on any atom is -0.458 e. The standard InChI is InChI=1S/C43H48N4O9/c1-5-43(55)32-20-34-39-30(21-47(34)41(53)31(32)22-56-42(43)54)28-12-9-11-27-25(13-14-33(45-39)38(27)28)18-35(49)24(4)44-40(52)29(23(2)3)19-26(48)10-7-6-8-17-46-36(50)15-16-37(46)51/h13-16,20,23-24,29,55H,5-12,17-19,21-22H2,1-4H3,(H,44,52)/t24-,29?,43-/m0/s1. The highest BCUT2D eigenvalue weighted by molar-refractivity contribution is 6.12. The maximum absolute atomic E-state index is 13.8. The molecule has 3 amide bonds. The van der Waals surface area contributed by atoms with Crippen LogP contribution in [-0.2, 0) is 71.5 Å². The Labute approximate surface area is 324 Å². The van der Waals surface area contributed by atoms with Crippen molar-refractivity contribution in [3.05, 3.63) is 74.1 Å². The second kappa shape index (κ2) is 15.3. The van der Waals surface area contributed by atoms with Gasteiger partial charge in [0.05, 0.1) is 35.1 Å². The Hall–Kier alpha value is -5.30. The van der Waals surface area contributed by atoms with E-state index in [2.05, 4.69) is 5.32 Å². The maximum atomic E-state index is 13.8. The van der Waals surface area contributed by atoms with Crippen LogP contribution in [0.25, 0.3) is 22.3 Å². The molecule has 0 fully saturated rings. The molecule has 7 rings (SSSR count). The molecule has 4 aliphatic rings. The summed E-state index contributed by atoms with van der Waals surface area (Å²) in [5, 5.41) is 15.1. The van der Waals surface area contributed by atoms with Crippen LogP contribution in [0.3, 0.4) is 0 Å². The predicted octanol–water partition coefficient (Wildman–Crippen LogP) is 3.90. The Morgan fingerprint density at radius 1 is 0.964 bits per heavy atom. The molecule has 13 nitrogen and oxygen atoms in total. The van der Waals surface area contributed by atoms with Gasteiger partial charge in [0.2, 0.25) is 5.91 Å². The van der Waals surface area contributed by atoms with E-state index in [1.165, 1.54) is 17.1 Å². The number of ether oxygens (including phenoxy) is 1. The highest BCUT2D eigenvalue weighted by Crippen LogP contribution is 2.43. The summed E-state index contributed by atoms with van der Waals surface area (Å²) in [5.74, 6) is -2.65. The number of carbonyl (C=O) groups excluding carboxylic acids is 6. The molecule has 1 unspecified atom stereocenters. The van der Waals surface area contributed by atoms with Gasteiger partial charge in [0, 0.05) is 60.4 Å². The summed E-state index contributed by atoms with van der Waals surface area (Å²) in [5.41, 5.74) is 4.20. The largest absolute Gasteiger partial charge is 0.458 e. The van der Waals surface area contributed by atoms with Crippen molar-refractivity contribution in [2.75, 3.05) is 6.54 Å². The van der Waals surface area contributed by atoms with Crippen LogP contribution in [0.2, 0.25) is 0 Å². The monoisotopic (exact) mass is 764 g/mol. The number of Topliss-reactive ketones (excluding diaryl/α,β-unsaturated/α-hetero) is 2. The van der Waals surface area contributed by atoms with Crippen molar-refractivity contribution in [2.45, 2.75) is 117 Å². The number of cyclic esters (lactones) is 1. The molecule has 1 aromatic carbocycles. The fourth-order valence-corrected chi connectivity index (χ4v) is 8.69. The van der Waals surface area contributed by atoms with Gasteiger partial charge in [-0.05, 0) is 80.2 Å². The van der Waals surface area contributed by atoms with Gasteiger partial charge < -0.3 is 19.7 Å². The third-order valence-corrected chi connectivity index (χ3v) is 12.1. The number of benzene rings is 1. The molecule has 0 saturated heterocycles. The number of rotatable bonds is 15. The number of imide groups is 1. The van der Waals surface area contributed by atoms with Crippen molar-refractivity contribution >= 4 is 46.2 Å². The number of hydrogen-bond acceptors (Lipinski definition) is 10. The van der Waals surface area contributed by atoms with E-state index in [1.54, 1.807) is 24.5 Å². The van der Waals surface area contributed by atoms with Crippen LogP contribution in [0.1, 0.15) is 106 Å². The lowest BCUT2D eigenvalue weighted by molar-refractivity contribution is -0.172. The Morgan fingerprint density at radius 3 is 2.41 bits per heavy atom. The zero-order valence-corrected chi connectivity index (χ0v) is 32.4. The smallest absolute Gasteiger partial charge is 0.343 e. The van der Waals surface area contributed by atoms with E-state index >= 15 is 0 Å². The van der Waals surface area contributed by atoms with Crippen molar-refractivity contribution in [3.63, 3.8) is 0 Å². The molecule has 3 atom stereocenters. The van der Waals surface area contributed by atoms with Crippen LogP contribution in [0, 0.1) is 11.8 Å². The van der Waals surface area contributed by atoms with Crippen LogP contribution >= 0.6 is 0 Å². The van der Waals surface area contributed by atoms with Crippen molar-refractivity contribution in [3.8, 4) is 11.4 Å². The van der Waals surface area contributed by atoms with E-state index in [1.807, 2.05) is 26.0 Å². The molecular weight excluding hydrogens is 716 g/mol. The van der Waals surface area contributed by atoms with E-state index in [9.17, 15) is 38.7 Å². The molecule has 0 saturated carbocycles. The molecule has 5 heterocycles. The van der Waals surface area contributed by atoms with Crippen molar-refractivity contribution in [2.24, 2.45) is 11.8 Å². The molecule has 3 aliphatic heterocycles. The Morgan fingerprint density at radius 2 is 1.70 bits per heavy atom. The molecule has 1 aliphatic carbocycles. The lowest BCUT2D eigenvalue weighted by atomic mass is 9.83. The quantitative estimate of drug-likeness (QED) is 0.102. The highest BCUT2D eigenvalue weighted by Gasteiger charge is 2.45. The molecule has 0 spiro atoms. The molecule has 2 aromatic heterocycles. The first-order valence-electron chi connectivity index (χ1n) is 19.7. The van der Waals surface area contributed by atoms with Crippen LogP contribution in [-0.4, -0.2) is 67.4 Å². The molecule has 3 aromatic rings. The Kier molecular flexibility index (Phi) is 10.7. The second-order valence-corrected chi connectivity index (χ2v) is 15.9. The number of carbonyl (C=O) groups is 6. The molecule has 294 valence electrons. The number of esters is 1. The second-order valence-electron chi connectivity index (χ2n) is 15.9. The molecule has 0 radical (unpaired) electrons. The number of unbranched alkanes of at least 4 members (excludes halogenated alkanes) is 2. The number of pyridine rings is 2. The summed E-state index contributed by atoms with van der Waals surface area (Å²) in [6.07, 6.45) is 7.26. The SMILES string of the molecule is CC[C@@]1(O)C(=O)OCc2c1cc1n(c2=O)Cc2c-1nc1ccc(CC(=O)[C@H](C)NC(=O)C(CC(=O)CCCCCN3C(=O)C=CC3=O)C(C)C)c3c1c2CCC3. The molecule has 13 heteroatoms. The van der Waals surface area contributed by atoms with Crippen LogP contribution in [0.15, 0.2) is 35.1 Å². The molecular formula is C43H48N4O9. The van der Waals surface area contributed by atoms with Crippen molar-refractivity contribution in [1.82, 2.24) is 19.8 Å². The zero-order chi connectivity index (χ0) is 40.1. The highest BCUT2D eigenvalue weighted by atomic mass is 16.6. The van der Waals surface area contributed by atoms with Crippen LogP contribution < -0.4 is 10.9 Å². The topological polar surface area (TPSA) is 182 Å². The number of aryl methyl sites for hydroxylation is 2. The molecule has 56 heavy (non-hydrogen) atoms. The van der Waals surface area contributed by atoms with Gasteiger partial charge in [0.1, 0.15) is 12.4 Å². The summed E-state index contributed by atoms with van der Waals surface area (Å²) < 4.78 is 6.86. The van der Waals surface area contributed by atoms with E-state index in [0.717, 1.165) is 52.4 Å². The number of aromatic nitrogens is 2. The lowest BCUT2D eigenvalue weighted by Crippen LogP contribution is -2.44. The average Bonchev–Trinajstić information content (AvgIpc) is 3.71. The predicted molar refractivity (Wildman–Crippen MR) is 205 cm³/mol. The third kappa shape index (κ3) is 6.90. The van der Waals surface area contributed by atoms with Gasteiger partial charge in [-0.25, -0.2) is 9.78 Å². The van der Waals surface area contributed by atoms with Gasteiger partial charge in [-0.15, -0.1) is 0 Å². The van der Waals surface area contributed by atoms with Gasteiger partial charge in [-0.1, -0.05) is 33.3 Å². The number of nitrogens with one attached hydrogen (secondary N) is 1. The number of ketones is 2. The fraction of sp³-hybridized carbons (Fsp3) is 0.488. The van der Waals surface area contributed by atoms with Crippen LogP contribution in [0.4, 0.5) is 0 Å². The Balaban J connectivity index is 1.02. The van der Waals surface area contributed by atoms with Gasteiger partial charge in [0.25, 0.3) is 17.4 Å². The summed E-state index contributed by atoms with van der Waals surface area (Å²) in [6.45, 7) is 7.53. The van der Waals surface area contributed by atoms with E-state index in [-0.39, 0.29) is 77.8 Å². The summed E-state index contributed by atoms with van der Waals surface area (Å²) in [7, 11) is 0. The summed E-state index contributed by atoms with van der Waals surface area (Å²) >= 11 is 0. The molecule has 2 N–H and O–H groups in total. The average molecular weight is 765 g/mol. The van der Waals surface area contributed by atoms with Gasteiger partial charge >= 0.3 is 5.97 Å². The van der Waals surface area contributed by atoms with Gasteiger partial charge in [0.15, 0.2) is 11.4 Å². The summed E-state index contributed by atoms with van der Waals surface area (Å²) in [6, 6.07) is 4.74. The number of amides is 3. The van der Waals surface area contributed by atoms with Gasteiger partial charge in [-0.3, -0.25) is 33.7 Å². The number of aliphatic hydroxyl groups is 1. The maximum Gasteiger partial charge on any atom is 0.343 e. The fourth-order valence-electron chi connectivity index (χ4n) is 8.69. The number of hydrogen-bond donors (Lipinski definition) is 2. The first kappa shape index (κ1) is 39.0. The van der Waals surface area contributed by atoms with Crippen molar-refractivity contribution < 1.29 is 38.6 Å². The first-order chi connectivity index (χ1) is 26.7. The van der Waals surface area contributed by atoms with Crippen molar-refractivity contribution in [1.29, 1.82) is 0 Å². The minimum absolute atomic E-state index is 0.0434. The normalized spacial score (nSPS) is 19.2. The van der Waals surface area contributed by atoms with E-state index in [4.69, 9.17) is 9.72 Å². The first-order valence-corrected chi connectivity index (χ1v) is 19.7. The van der Waals surface area contributed by atoms with E-state index in [0.29, 0.717) is 50.2 Å². The Bertz CT molecular complexity index is 2270.